The Balaban J connectivity index is 1.54. The first-order chi connectivity index (χ1) is 11.7. The van der Waals surface area contributed by atoms with E-state index in [2.05, 4.69) is 36.2 Å². The molecule has 3 aromatic rings. The topological polar surface area (TPSA) is 126 Å². The van der Waals surface area contributed by atoms with Gasteiger partial charge in [-0.25, -0.2) is 4.98 Å². The average Bonchev–Trinajstić information content (AvgIpc) is 3.26. The third-order valence-electron chi connectivity index (χ3n) is 3.57. The molecule has 3 heterocycles. The van der Waals surface area contributed by atoms with Crippen molar-refractivity contribution in [1.29, 1.82) is 0 Å². The zero-order valence-electron chi connectivity index (χ0n) is 12.2. The number of hydrogen-bond donors (Lipinski definition) is 3. The van der Waals surface area contributed by atoms with Gasteiger partial charge in [-0.1, -0.05) is 6.07 Å². The Morgan fingerprint density at radius 3 is 3.04 bits per heavy atom. The van der Waals surface area contributed by atoms with Gasteiger partial charge in [0.1, 0.15) is 0 Å². The van der Waals surface area contributed by atoms with Gasteiger partial charge in [-0.05, 0) is 29.3 Å². The largest absolute Gasteiger partial charge is 0.326 e. The number of aromatic nitrogens is 5. The minimum Gasteiger partial charge on any atom is -0.326 e. The summed E-state index contributed by atoms with van der Waals surface area (Å²) < 4.78 is 0. The number of rotatable bonds is 3. The van der Waals surface area contributed by atoms with Crippen molar-refractivity contribution in [1.82, 2.24) is 25.6 Å². The van der Waals surface area contributed by atoms with Crippen molar-refractivity contribution in [2.45, 2.75) is 12.8 Å². The van der Waals surface area contributed by atoms with Gasteiger partial charge in [0.05, 0.1) is 5.69 Å². The Hall–Kier alpha value is -3.14. The molecule has 0 atom stereocenters. The van der Waals surface area contributed by atoms with E-state index in [1.807, 2.05) is 23.6 Å². The molecule has 9 nitrogen and oxygen atoms in total. The molecule has 0 saturated heterocycles. The fourth-order valence-corrected chi connectivity index (χ4v) is 3.13. The number of aryl methyl sites for hydroxylation is 1. The van der Waals surface area contributed by atoms with Crippen LogP contribution in [0.3, 0.4) is 0 Å². The van der Waals surface area contributed by atoms with Crippen molar-refractivity contribution in [3.8, 4) is 11.3 Å². The number of tetrazole rings is 1. The second-order valence-electron chi connectivity index (χ2n) is 5.15. The number of hydrogen-bond acceptors (Lipinski definition) is 7. The maximum absolute atomic E-state index is 11.9. The van der Waals surface area contributed by atoms with E-state index in [0.717, 1.165) is 22.5 Å². The number of anilines is 2. The van der Waals surface area contributed by atoms with Crippen LogP contribution in [0.1, 0.15) is 22.6 Å². The van der Waals surface area contributed by atoms with Gasteiger partial charge < -0.3 is 5.32 Å². The zero-order chi connectivity index (χ0) is 16.5. The highest BCUT2D eigenvalue weighted by Crippen LogP contribution is 2.30. The van der Waals surface area contributed by atoms with Crippen LogP contribution >= 0.6 is 11.3 Å². The third-order valence-corrected chi connectivity index (χ3v) is 4.33. The molecule has 3 N–H and O–H groups in total. The van der Waals surface area contributed by atoms with E-state index < -0.39 is 5.91 Å². The summed E-state index contributed by atoms with van der Waals surface area (Å²) in [6, 6.07) is 5.78. The highest BCUT2D eigenvalue weighted by Gasteiger charge is 2.17. The highest BCUT2D eigenvalue weighted by molar-refractivity contribution is 7.14. The lowest BCUT2D eigenvalue weighted by molar-refractivity contribution is -0.116. The van der Waals surface area contributed by atoms with E-state index in [1.54, 1.807) is 0 Å². The van der Waals surface area contributed by atoms with Crippen LogP contribution in [0.15, 0.2) is 23.6 Å². The van der Waals surface area contributed by atoms with Crippen LogP contribution in [0.5, 0.6) is 0 Å². The standard InChI is InChI=1S/C14H11N7O2S/c22-11-4-2-7-5-8(1-3-9(7)15-11)10-6-24-14(16-10)17-13(23)12-18-20-21-19-12/h1,3,5-6H,2,4H2,(H,15,22)(H,16,17,23)(H,18,19,20,21). The van der Waals surface area contributed by atoms with Crippen molar-refractivity contribution in [2.24, 2.45) is 0 Å². The van der Waals surface area contributed by atoms with Gasteiger partial charge in [0.2, 0.25) is 5.91 Å². The molecule has 0 radical (unpaired) electrons. The van der Waals surface area contributed by atoms with Crippen LogP contribution in [0.2, 0.25) is 0 Å². The molecule has 4 rings (SSSR count). The second kappa shape index (κ2) is 5.81. The lowest BCUT2D eigenvalue weighted by atomic mass is 9.99. The third kappa shape index (κ3) is 2.74. The molecule has 0 aliphatic carbocycles. The maximum atomic E-state index is 11.9. The molecule has 0 spiro atoms. The Labute approximate surface area is 139 Å². The summed E-state index contributed by atoms with van der Waals surface area (Å²) >= 11 is 1.31. The van der Waals surface area contributed by atoms with Gasteiger partial charge in [0, 0.05) is 23.1 Å². The van der Waals surface area contributed by atoms with Gasteiger partial charge in [-0.2, -0.15) is 5.21 Å². The quantitative estimate of drug-likeness (QED) is 0.662. The first-order valence-corrected chi connectivity index (χ1v) is 8.00. The van der Waals surface area contributed by atoms with Gasteiger partial charge in [0.15, 0.2) is 5.13 Å². The number of benzene rings is 1. The van der Waals surface area contributed by atoms with Gasteiger partial charge in [-0.15, -0.1) is 21.5 Å². The zero-order valence-corrected chi connectivity index (χ0v) is 13.1. The predicted molar refractivity (Wildman–Crippen MR) is 86.6 cm³/mol. The van der Waals surface area contributed by atoms with E-state index in [0.29, 0.717) is 18.0 Å². The minimum atomic E-state index is -0.474. The van der Waals surface area contributed by atoms with Gasteiger partial charge in [-0.3, -0.25) is 14.9 Å². The summed E-state index contributed by atoms with van der Waals surface area (Å²) in [5, 5.41) is 20.6. The smallest absolute Gasteiger partial charge is 0.299 e. The second-order valence-corrected chi connectivity index (χ2v) is 6.01. The van der Waals surface area contributed by atoms with E-state index in [4.69, 9.17) is 0 Å². The number of carbonyl (C=O) groups is 2. The Kier molecular flexibility index (Phi) is 3.50. The average molecular weight is 341 g/mol. The lowest BCUT2D eigenvalue weighted by Crippen LogP contribution is -2.18. The van der Waals surface area contributed by atoms with E-state index in [9.17, 15) is 9.59 Å². The summed E-state index contributed by atoms with van der Waals surface area (Å²) in [5.41, 5.74) is 3.61. The molecule has 0 unspecified atom stereocenters. The molecular formula is C14H11N7O2S. The summed E-state index contributed by atoms with van der Waals surface area (Å²) in [6.07, 6.45) is 1.19. The molecule has 2 aromatic heterocycles. The SMILES string of the molecule is O=C1CCc2cc(-c3csc(NC(=O)c4nn[nH]n4)n3)ccc2N1. The van der Waals surface area contributed by atoms with Crippen molar-refractivity contribution in [2.75, 3.05) is 10.6 Å². The number of fused-ring (bicyclic) bond motifs is 1. The number of H-pyrrole nitrogens is 1. The summed E-state index contributed by atoms with van der Waals surface area (Å²) in [6.45, 7) is 0. The number of amides is 2. The molecule has 10 heteroatoms. The molecule has 1 aromatic carbocycles. The Morgan fingerprint density at radius 2 is 2.21 bits per heavy atom. The molecule has 0 fully saturated rings. The van der Waals surface area contributed by atoms with E-state index in [-0.39, 0.29) is 11.7 Å². The van der Waals surface area contributed by atoms with Crippen LogP contribution < -0.4 is 10.6 Å². The van der Waals surface area contributed by atoms with Gasteiger partial charge in [0.25, 0.3) is 11.7 Å². The number of aromatic amines is 1. The number of nitrogens with one attached hydrogen (secondary N) is 3. The molecule has 0 saturated carbocycles. The summed E-state index contributed by atoms with van der Waals surface area (Å²) in [7, 11) is 0. The molecule has 120 valence electrons. The maximum Gasteiger partial charge on any atom is 0.299 e. The fourth-order valence-electron chi connectivity index (χ4n) is 2.42. The van der Waals surface area contributed by atoms with Crippen molar-refractivity contribution >= 4 is 34.0 Å². The van der Waals surface area contributed by atoms with Crippen molar-refractivity contribution < 1.29 is 9.59 Å². The first-order valence-electron chi connectivity index (χ1n) is 7.12. The molecule has 1 aliphatic rings. The van der Waals surface area contributed by atoms with Gasteiger partial charge >= 0.3 is 0 Å². The monoisotopic (exact) mass is 341 g/mol. The van der Waals surface area contributed by atoms with Crippen LogP contribution in [-0.4, -0.2) is 37.4 Å². The normalized spacial score (nSPS) is 13.2. The lowest BCUT2D eigenvalue weighted by Gasteiger charge is -2.17. The fraction of sp³-hybridized carbons (Fsp3) is 0.143. The molecule has 1 aliphatic heterocycles. The molecule has 0 bridgehead atoms. The predicted octanol–water partition coefficient (Wildman–Crippen LogP) is 1.46. The van der Waals surface area contributed by atoms with Crippen LogP contribution in [0.4, 0.5) is 10.8 Å². The van der Waals surface area contributed by atoms with Crippen LogP contribution in [-0.2, 0) is 11.2 Å². The van der Waals surface area contributed by atoms with Crippen LogP contribution in [0, 0.1) is 0 Å². The minimum absolute atomic E-state index is 0.0374. The molecular weight excluding hydrogens is 330 g/mol. The Bertz CT molecular complexity index is 919. The van der Waals surface area contributed by atoms with Crippen LogP contribution in [0.25, 0.3) is 11.3 Å². The first kappa shape index (κ1) is 14.5. The number of nitrogens with zero attached hydrogens (tertiary/aromatic N) is 4. The summed E-state index contributed by atoms with van der Waals surface area (Å²) in [4.78, 5) is 27.7. The van der Waals surface area contributed by atoms with Crippen molar-refractivity contribution in [3.63, 3.8) is 0 Å². The highest BCUT2D eigenvalue weighted by atomic mass is 32.1. The molecule has 2 amide bonds. The van der Waals surface area contributed by atoms with Crippen molar-refractivity contribution in [3.05, 3.63) is 35.0 Å². The number of carbonyl (C=O) groups excluding carboxylic acids is 2. The molecule has 24 heavy (non-hydrogen) atoms. The summed E-state index contributed by atoms with van der Waals surface area (Å²) in [5.74, 6) is -0.482. The van der Waals surface area contributed by atoms with E-state index >= 15 is 0 Å². The van der Waals surface area contributed by atoms with E-state index in [1.165, 1.54) is 11.3 Å². The number of thiazole rings is 1. The Morgan fingerprint density at radius 1 is 1.29 bits per heavy atom.